The van der Waals surface area contributed by atoms with Gasteiger partial charge in [-0.1, -0.05) is 47.4 Å². The number of hydrogen-bond donors (Lipinski definition) is 1. The predicted molar refractivity (Wildman–Crippen MR) is 168 cm³/mol. The average Bonchev–Trinajstić information content (AvgIpc) is 3.53. The number of aromatic nitrogens is 2. The normalized spacial score (nSPS) is 23.2. The van der Waals surface area contributed by atoms with E-state index in [1.807, 2.05) is 18.3 Å². The maximum atomic E-state index is 7.00. The Hall–Kier alpha value is -2.87. The molecule has 2 saturated heterocycles. The minimum absolute atomic E-state index is 0.134. The number of pyridine rings is 1. The standard InChI is InChI=1S/C31H31BrClN5S/c1-20-16-21(2)19-36(18-20)27-13-12-24(17-25(27)33)38-30(29(35-31(38)39)26-6-3-4-14-34-26)28-7-5-15-37(28)23-10-8-22(32)9-11-23/h3-15,17,20-21,29-30H,16,18-19H2,1-2H3,(H,35,39)/t20-,21+,29-,30-/m0/s1. The first kappa shape index (κ1) is 26.4. The Balaban J connectivity index is 1.42. The van der Waals surface area contributed by atoms with Crippen LogP contribution >= 0.6 is 39.7 Å². The molecule has 4 atom stereocenters. The van der Waals surface area contributed by atoms with E-state index in [0.29, 0.717) is 16.9 Å². The molecule has 4 aromatic rings. The first-order valence-electron chi connectivity index (χ1n) is 13.4. The summed E-state index contributed by atoms with van der Waals surface area (Å²) in [7, 11) is 0. The van der Waals surface area contributed by atoms with E-state index in [1.54, 1.807) is 0 Å². The van der Waals surface area contributed by atoms with Crippen LogP contribution in [0.25, 0.3) is 5.69 Å². The largest absolute Gasteiger partial charge is 0.370 e. The van der Waals surface area contributed by atoms with Crippen molar-refractivity contribution in [1.82, 2.24) is 14.9 Å². The third-order valence-corrected chi connectivity index (χ3v) is 8.85. The van der Waals surface area contributed by atoms with Gasteiger partial charge in [0.2, 0.25) is 0 Å². The number of nitrogens with zero attached hydrogens (tertiary/aromatic N) is 4. The summed E-state index contributed by atoms with van der Waals surface area (Å²) in [6.07, 6.45) is 5.19. The minimum Gasteiger partial charge on any atom is -0.370 e. The summed E-state index contributed by atoms with van der Waals surface area (Å²) >= 11 is 16.5. The number of piperidine rings is 1. The smallest absolute Gasteiger partial charge is 0.174 e. The van der Waals surface area contributed by atoms with Gasteiger partial charge in [-0.15, -0.1) is 0 Å². The van der Waals surface area contributed by atoms with Gasteiger partial charge in [0.15, 0.2) is 5.11 Å². The molecule has 5 nitrogen and oxygen atoms in total. The molecule has 39 heavy (non-hydrogen) atoms. The van der Waals surface area contributed by atoms with Gasteiger partial charge in [0.1, 0.15) is 6.04 Å². The fourth-order valence-electron chi connectivity index (χ4n) is 6.17. The number of thiocarbonyl (C=S) groups is 1. The molecular formula is C31H31BrClN5S. The van der Waals surface area contributed by atoms with Crippen LogP contribution < -0.4 is 15.1 Å². The van der Waals surface area contributed by atoms with E-state index >= 15 is 0 Å². The van der Waals surface area contributed by atoms with Gasteiger partial charge >= 0.3 is 0 Å². The lowest BCUT2D eigenvalue weighted by atomic mass is 9.91. The summed E-state index contributed by atoms with van der Waals surface area (Å²) in [5, 5.41) is 4.98. The first-order chi connectivity index (χ1) is 18.9. The summed E-state index contributed by atoms with van der Waals surface area (Å²) in [4.78, 5) is 9.33. The highest BCUT2D eigenvalue weighted by atomic mass is 79.9. The lowest BCUT2D eigenvalue weighted by Gasteiger charge is -2.37. The van der Waals surface area contributed by atoms with Gasteiger partial charge in [0, 0.05) is 47.0 Å². The van der Waals surface area contributed by atoms with E-state index in [9.17, 15) is 0 Å². The van der Waals surface area contributed by atoms with E-state index in [0.717, 1.165) is 51.0 Å². The third-order valence-electron chi connectivity index (χ3n) is 7.71. The predicted octanol–water partition coefficient (Wildman–Crippen LogP) is 7.95. The van der Waals surface area contributed by atoms with Crippen molar-refractivity contribution in [2.75, 3.05) is 22.9 Å². The van der Waals surface area contributed by atoms with Crippen LogP contribution in [0.15, 0.2) is 89.7 Å². The lowest BCUT2D eigenvalue weighted by Crippen LogP contribution is -2.38. The second kappa shape index (κ2) is 11.0. The molecule has 2 aliphatic rings. The fraction of sp³-hybridized carbons (Fsp3) is 0.290. The van der Waals surface area contributed by atoms with Gasteiger partial charge < -0.3 is 19.7 Å². The van der Waals surface area contributed by atoms with Crippen molar-refractivity contribution >= 4 is 56.2 Å². The van der Waals surface area contributed by atoms with Crippen LogP contribution in [-0.4, -0.2) is 27.8 Å². The molecule has 0 spiro atoms. The van der Waals surface area contributed by atoms with E-state index in [2.05, 4.69) is 116 Å². The molecule has 200 valence electrons. The molecule has 0 bridgehead atoms. The molecule has 0 radical (unpaired) electrons. The van der Waals surface area contributed by atoms with Gasteiger partial charge in [-0.2, -0.15) is 0 Å². The zero-order valence-corrected chi connectivity index (χ0v) is 25.1. The number of rotatable bonds is 5. The maximum Gasteiger partial charge on any atom is 0.174 e. The SMILES string of the molecule is C[C@@H]1C[C@H](C)CN(c2ccc(N3C(=S)N[C@@H](c4ccccn4)[C@@H]3c3cccn3-c3ccc(Br)cc3)cc2Cl)C1. The Kier molecular flexibility index (Phi) is 7.40. The summed E-state index contributed by atoms with van der Waals surface area (Å²) in [6.45, 7) is 6.70. The quantitative estimate of drug-likeness (QED) is 0.229. The molecule has 0 unspecified atom stereocenters. The fourth-order valence-corrected chi connectivity index (χ4v) is 7.07. The van der Waals surface area contributed by atoms with Crippen molar-refractivity contribution < 1.29 is 0 Å². The van der Waals surface area contributed by atoms with Crippen molar-refractivity contribution in [3.05, 3.63) is 106 Å². The molecular weight excluding hydrogens is 590 g/mol. The molecule has 4 heterocycles. The Morgan fingerprint density at radius 1 is 0.949 bits per heavy atom. The first-order valence-corrected chi connectivity index (χ1v) is 15.0. The molecule has 2 fully saturated rings. The average molecular weight is 621 g/mol. The van der Waals surface area contributed by atoms with Crippen molar-refractivity contribution in [2.24, 2.45) is 11.8 Å². The third kappa shape index (κ3) is 5.20. The molecule has 2 aliphatic heterocycles. The highest BCUT2D eigenvalue weighted by Gasteiger charge is 2.42. The van der Waals surface area contributed by atoms with Crippen LogP contribution in [0.4, 0.5) is 11.4 Å². The highest BCUT2D eigenvalue weighted by molar-refractivity contribution is 9.10. The lowest BCUT2D eigenvalue weighted by molar-refractivity contribution is 0.357. The topological polar surface area (TPSA) is 36.3 Å². The zero-order chi connectivity index (χ0) is 27.1. The molecule has 8 heteroatoms. The summed E-state index contributed by atoms with van der Waals surface area (Å²) < 4.78 is 3.27. The Labute approximate surface area is 248 Å². The number of halogens is 2. The Morgan fingerprint density at radius 2 is 1.69 bits per heavy atom. The molecule has 6 rings (SSSR count). The molecule has 0 aliphatic carbocycles. The molecule has 1 N–H and O–H groups in total. The van der Waals surface area contributed by atoms with Crippen LogP contribution in [0.1, 0.15) is 43.7 Å². The summed E-state index contributed by atoms with van der Waals surface area (Å²) in [6, 6.07) is 24.7. The Bertz CT molecular complexity index is 1460. The van der Waals surface area contributed by atoms with E-state index in [4.69, 9.17) is 28.8 Å². The van der Waals surface area contributed by atoms with Crippen LogP contribution in [0.2, 0.25) is 5.02 Å². The second-order valence-corrected chi connectivity index (χ2v) is 12.5. The van der Waals surface area contributed by atoms with Gasteiger partial charge in [-0.3, -0.25) is 4.98 Å². The van der Waals surface area contributed by atoms with Crippen LogP contribution in [-0.2, 0) is 0 Å². The van der Waals surface area contributed by atoms with E-state index in [-0.39, 0.29) is 12.1 Å². The van der Waals surface area contributed by atoms with Crippen molar-refractivity contribution in [3.63, 3.8) is 0 Å². The second-order valence-electron chi connectivity index (χ2n) is 10.8. The number of benzene rings is 2. The molecule has 2 aromatic heterocycles. The molecule has 0 amide bonds. The van der Waals surface area contributed by atoms with E-state index < -0.39 is 0 Å². The highest BCUT2D eigenvalue weighted by Crippen LogP contribution is 2.44. The molecule has 2 aromatic carbocycles. The van der Waals surface area contributed by atoms with Crippen molar-refractivity contribution in [1.29, 1.82) is 0 Å². The van der Waals surface area contributed by atoms with Crippen LogP contribution in [0.5, 0.6) is 0 Å². The zero-order valence-electron chi connectivity index (χ0n) is 22.0. The maximum absolute atomic E-state index is 7.00. The van der Waals surface area contributed by atoms with Crippen molar-refractivity contribution in [3.8, 4) is 5.69 Å². The van der Waals surface area contributed by atoms with E-state index in [1.165, 1.54) is 6.42 Å². The van der Waals surface area contributed by atoms with Crippen LogP contribution in [0.3, 0.4) is 0 Å². The molecule has 0 saturated carbocycles. The summed E-state index contributed by atoms with van der Waals surface area (Å²) in [5.74, 6) is 1.30. The van der Waals surface area contributed by atoms with Crippen LogP contribution in [0, 0.1) is 11.8 Å². The minimum atomic E-state index is -0.136. The van der Waals surface area contributed by atoms with Gasteiger partial charge in [-0.25, -0.2) is 0 Å². The van der Waals surface area contributed by atoms with Gasteiger partial charge in [0.05, 0.1) is 22.4 Å². The number of hydrogen-bond acceptors (Lipinski definition) is 3. The monoisotopic (exact) mass is 619 g/mol. The number of nitrogens with one attached hydrogen (secondary N) is 1. The summed E-state index contributed by atoms with van der Waals surface area (Å²) in [5.41, 5.74) is 5.19. The Morgan fingerprint density at radius 3 is 2.38 bits per heavy atom. The van der Waals surface area contributed by atoms with Gasteiger partial charge in [0.25, 0.3) is 0 Å². The van der Waals surface area contributed by atoms with Crippen molar-refractivity contribution in [2.45, 2.75) is 32.4 Å². The number of anilines is 2. The van der Waals surface area contributed by atoms with Gasteiger partial charge in [-0.05, 0) is 97.2 Å².